The standard InChI is InChI=1S/C16H18N2O2/c1-19-16(20-2)8-10-18-14-6-4-3-5-12(14)13-11-17-9-7-15(13)18/h3-7,9,11,16H,8,10H2,1-2H3. The van der Waals surface area contributed by atoms with Crippen molar-refractivity contribution in [2.24, 2.45) is 0 Å². The van der Waals surface area contributed by atoms with Crippen LogP contribution in [0.2, 0.25) is 0 Å². The van der Waals surface area contributed by atoms with Gasteiger partial charge in [0.05, 0.1) is 5.52 Å². The minimum absolute atomic E-state index is 0.173. The second-order valence-electron chi connectivity index (χ2n) is 4.75. The normalized spacial score (nSPS) is 11.8. The first-order valence-corrected chi connectivity index (χ1v) is 6.71. The summed E-state index contributed by atoms with van der Waals surface area (Å²) < 4.78 is 12.9. The van der Waals surface area contributed by atoms with Gasteiger partial charge in [-0.2, -0.15) is 0 Å². The molecule has 1 aromatic carbocycles. The Morgan fingerprint density at radius 2 is 1.80 bits per heavy atom. The van der Waals surface area contributed by atoms with E-state index < -0.39 is 0 Å². The van der Waals surface area contributed by atoms with Crippen LogP contribution in [0.4, 0.5) is 0 Å². The Kier molecular flexibility index (Phi) is 3.67. The number of aryl methyl sites for hydroxylation is 1. The van der Waals surface area contributed by atoms with Gasteiger partial charge in [0.25, 0.3) is 0 Å². The number of benzene rings is 1. The average molecular weight is 270 g/mol. The highest BCUT2D eigenvalue weighted by atomic mass is 16.7. The smallest absolute Gasteiger partial charge is 0.158 e. The zero-order chi connectivity index (χ0) is 13.9. The second kappa shape index (κ2) is 5.61. The van der Waals surface area contributed by atoms with Gasteiger partial charge in [0.15, 0.2) is 6.29 Å². The van der Waals surface area contributed by atoms with Crippen LogP contribution in [0, 0.1) is 0 Å². The van der Waals surface area contributed by atoms with Crippen molar-refractivity contribution in [1.82, 2.24) is 9.55 Å². The van der Waals surface area contributed by atoms with Crippen molar-refractivity contribution < 1.29 is 9.47 Å². The lowest BCUT2D eigenvalue weighted by Crippen LogP contribution is -2.15. The van der Waals surface area contributed by atoms with E-state index in [0.29, 0.717) is 0 Å². The summed E-state index contributed by atoms with van der Waals surface area (Å²) in [5, 5.41) is 2.43. The molecule has 0 saturated heterocycles. The average Bonchev–Trinajstić information content (AvgIpc) is 2.83. The molecule has 20 heavy (non-hydrogen) atoms. The van der Waals surface area contributed by atoms with E-state index in [1.165, 1.54) is 21.8 Å². The van der Waals surface area contributed by atoms with Crippen LogP contribution in [0.3, 0.4) is 0 Å². The molecular formula is C16H18N2O2. The summed E-state index contributed by atoms with van der Waals surface area (Å²) >= 11 is 0. The molecule has 0 atom stereocenters. The number of rotatable bonds is 5. The summed E-state index contributed by atoms with van der Waals surface area (Å²) in [7, 11) is 3.34. The number of hydrogen-bond acceptors (Lipinski definition) is 3. The molecule has 2 heterocycles. The number of hydrogen-bond donors (Lipinski definition) is 0. The predicted octanol–water partition coefficient (Wildman–Crippen LogP) is 3.20. The van der Waals surface area contributed by atoms with Gasteiger partial charge in [-0.05, 0) is 12.1 Å². The first kappa shape index (κ1) is 13.1. The summed E-state index contributed by atoms with van der Waals surface area (Å²) in [5.41, 5.74) is 2.42. The van der Waals surface area contributed by atoms with Crippen molar-refractivity contribution in [3.63, 3.8) is 0 Å². The number of para-hydroxylation sites is 1. The summed E-state index contributed by atoms with van der Waals surface area (Å²) in [6.45, 7) is 0.848. The number of fused-ring (bicyclic) bond motifs is 3. The lowest BCUT2D eigenvalue weighted by molar-refractivity contribution is -0.107. The highest BCUT2D eigenvalue weighted by molar-refractivity contribution is 6.07. The Bertz CT molecular complexity index is 663. The van der Waals surface area contributed by atoms with E-state index in [1.54, 1.807) is 14.2 Å². The van der Waals surface area contributed by atoms with Crippen molar-refractivity contribution in [2.45, 2.75) is 19.3 Å². The maximum Gasteiger partial charge on any atom is 0.158 e. The lowest BCUT2D eigenvalue weighted by Gasteiger charge is -2.14. The van der Waals surface area contributed by atoms with Crippen molar-refractivity contribution in [3.05, 3.63) is 42.7 Å². The predicted molar refractivity (Wildman–Crippen MR) is 79.7 cm³/mol. The molecule has 0 unspecified atom stereocenters. The van der Waals surface area contributed by atoms with E-state index in [0.717, 1.165) is 13.0 Å². The fraction of sp³-hybridized carbons (Fsp3) is 0.312. The van der Waals surface area contributed by atoms with Crippen molar-refractivity contribution >= 4 is 21.8 Å². The third kappa shape index (κ3) is 2.17. The molecular weight excluding hydrogens is 252 g/mol. The zero-order valence-electron chi connectivity index (χ0n) is 11.7. The van der Waals surface area contributed by atoms with Crippen molar-refractivity contribution in [2.75, 3.05) is 14.2 Å². The number of pyridine rings is 1. The van der Waals surface area contributed by atoms with Crippen LogP contribution in [0.1, 0.15) is 6.42 Å². The van der Waals surface area contributed by atoms with Gasteiger partial charge >= 0.3 is 0 Å². The summed E-state index contributed by atoms with van der Waals surface area (Å²) in [5.74, 6) is 0. The Morgan fingerprint density at radius 1 is 1.05 bits per heavy atom. The van der Waals surface area contributed by atoms with Crippen molar-refractivity contribution in [1.29, 1.82) is 0 Å². The molecule has 0 fully saturated rings. The van der Waals surface area contributed by atoms with Gasteiger partial charge in [-0.3, -0.25) is 4.98 Å². The number of ether oxygens (including phenoxy) is 2. The second-order valence-corrected chi connectivity index (χ2v) is 4.75. The van der Waals surface area contributed by atoms with Crippen LogP contribution in [-0.4, -0.2) is 30.1 Å². The van der Waals surface area contributed by atoms with Gasteiger partial charge < -0.3 is 14.0 Å². The number of aromatic nitrogens is 2. The first-order chi connectivity index (χ1) is 9.85. The number of nitrogens with zero attached hydrogens (tertiary/aromatic N) is 2. The van der Waals surface area contributed by atoms with Gasteiger partial charge in [-0.15, -0.1) is 0 Å². The summed E-state index contributed by atoms with van der Waals surface area (Å²) in [6.07, 6.45) is 4.40. The topological polar surface area (TPSA) is 36.3 Å². The molecule has 0 radical (unpaired) electrons. The highest BCUT2D eigenvalue weighted by Gasteiger charge is 2.12. The molecule has 0 saturated carbocycles. The largest absolute Gasteiger partial charge is 0.356 e. The molecule has 104 valence electrons. The molecule has 0 amide bonds. The molecule has 0 aliphatic rings. The van der Waals surface area contributed by atoms with Gasteiger partial charge in [0.2, 0.25) is 0 Å². The maximum absolute atomic E-state index is 5.27. The molecule has 2 aromatic heterocycles. The third-order valence-corrected chi connectivity index (χ3v) is 3.69. The molecule has 0 aliphatic heterocycles. The van der Waals surface area contributed by atoms with E-state index in [-0.39, 0.29) is 6.29 Å². The molecule has 4 nitrogen and oxygen atoms in total. The van der Waals surface area contributed by atoms with E-state index in [1.807, 2.05) is 12.4 Å². The maximum atomic E-state index is 5.27. The molecule has 0 bridgehead atoms. The third-order valence-electron chi connectivity index (χ3n) is 3.69. The fourth-order valence-corrected chi connectivity index (χ4v) is 2.70. The minimum Gasteiger partial charge on any atom is -0.356 e. The summed E-state index contributed by atoms with van der Waals surface area (Å²) in [6, 6.07) is 10.5. The molecule has 0 N–H and O–H groups in total. The molecule has 4 heteroatoms. The van der Waals surface area contributed by atoms with Crippen LogP contribution in [0.25, 0.3) is 21.8 Å². The van der Waals surface area contributed by atoms with Crippen molar-refractivity contribution in [3.8, 4) is 0 Å². The highest BCUT2D eigenvalue weighted by Crippen LogP contribution is 2.28. The molecule has 3 rings (SSSR count). The lowest BCUT2D eigenvalue weighted by atomic mass is 10.2. The SMILES string of the molecule is COC(CCn1c2ccccc2c2cnccc21)OC. The Morgan fingerprint density at radius 3 is 2.60 bits per heavy atom. The van der Waals surface area contributed by atoms with Crippen LogP contribution in [0.15, 0.2) is 42.7 Å². The molecule has 0 aliphatic carbocycles. The number of methoxy groups -OCH3 is 2. The van der Waals surface area contributed by atoms with E-state index in [2.05, 4.69) is 39.9 Å². The van der Waals surface area contributed by atoms with Crippen LogP contribution in [0.5, 0.6) is 0 Å². The Balaban J connectivity index is 2.07. The summed E-state index contributed by atoms with van der Waals surface area (Å²) in [4.78, 5) is 4.24. The van der Waals surface area contributed by atoms with Crippen LogP contribution < -0.4 is 0 Å². The Labute approximate surface area is 117 Å². The van der Waals surface area contributed by atoms with Crippen LogP contribution in [-0.2, 0) is 16.0 Å². The van der Waals surface area contributed by atoms with E-state index >= 15 is 0 Å². The van der Waals surface area contributed by atoms with Gasteiger partial charge in [0.1, 0.15) is 0 Å². The van der Waals surface area contributed by atoms with Crippen LogP contribution >= 0.6 is 0 Å². The fourth-order valence-electron chi connectivity index (χ4n) is 2.70. The van der Waals surface area contributed by atoms with Gasteiger partial charge in [-0.25, -0.2) is 0 Å². The van der Waals surface area contributed by atoms with Gasteiger partial charge in [0, 0.05) is 55.9 Å². The molecule has 3 aromatic rings. The first-order valence-electron chi connectivity index (χ1n) is 6.71. The van der Waals surface area contributed by atoms with E-state index in [9.17, 15) is 0 Å². The van der Waals surface area contributed by atoms with E-state index in [4.69, 9.17) is 9.47 Å². The van der Waals surface area contributed by atoms with Gasteiger partial charge in [-0.1, -0.05) is 18.2 Å². The Hall–Kier alpha value is -1.91. The monoisotopic (exact) mass is 270 g/mol. The minimum atomic E-state index is -0.173. The quantitative estimate of drug-likeness (QED) is 0.668. The molecule has 0 spiro atoms. The zero-order valence-corrected chi connectivity index (χ0v) is 11.7.